The zero-order valence-electron chi connectivity index (χ0n) is 20.5. The highest BCUT2D eigenvalue weighted by molar-refractivity contribution is 6.10. The normalized spacial score (nSPS) is 16.9. The number of β-lactam (4-membered cyclic amide) rings is 1. The topological polar surface area (TPSA) is 61.2 Å². The van der Waals surface area contributed by atoms with E-state index in [2.05, 4.69) is 25.1 Å². The third-order valence-electron chi connectivity index (χ3n) is 6.87. The van der Waals surface area contributed by atoms with Crippen molar-refractivity contribution in [1.29, 1.82) is 5.26 Å². The molecule has 4 heteroatoms. The number of benzene rings is 4. The molecule has 0 saturated carbocycles. The van der Waals surface area contributed by atoms with E-state index in [1.807, 2.05) is 78.9 Å². The van der Waals surface area contributed by atoms with Gasteiger partial charge in [-0.2, -0.15) is 5.26 Å². The predicted octanol–water partition coefficient (Wildman–Crippen LogP) is 6.46. The summed E-state index contributed by atoms with van der Waals surface area (Å²) < 4.78 is 0. The van der Waals surface area contributed by atoms with Gasteiger partial charge in [0, 0.05) is 5.56 Å². The van der Waals surface area contributed by atoms with E-state index in [0.29, 0.717) is 17.5 Å². The van der Waals surface area contributed by atoms with Crippen molar-refractivity contribution in [3.05, 3.63) is 137 Å². The van der Waals surface area contributed by atoms with Crippen molar-refractivity contribution in [2.75, 3.05) is 0 Å². The molecule has 4 aromatic carbocycles. The maximum absolute atomic E-state index is 13.5. The number of carbonyl (C=O) groups excluding carboxylic acids is 2. The smallest absolute Gasteiger partial charge is 0.261 e. The number of hydrogen-bond acceptors (Lipinski definition) is 3. The molecule has 0 unspecified atom stereocenters. The van der Waals surface area contributed by atoms with Crippen LogP contribution in [0.1, 0.15) is 32.6 Å². The Balaban J connectivity index is 1.41. The van der Waals surface area contributed by atoms with Crippen LogP contribution in [0.2, 0.25) is 0 Å². The molecule has 1 saturated heterocycles. The number of nitriles is 1. The second-order valence-electron chi connectivity index (χ2n) is 9.29. The fourth-order valence-electron chi connectivity index (χ4n) is 4.86. The standard InChI is InChI=1S/C33H26N2O2/c1-23-8-5-6-13-29(23)27-15-17-28(18-16-27)32(36)35-31(19-14-24-9-3-2-4-10-24)30(33(35)37)21-25-11-7-12-26(20-25)22-34/h2-20,30-31H,21H2,1H3/b19-14+/t30-,31-/m1/s1. The van der Waals surface area contributed by atoms with Crippen molar-refractivity contribution in [3.8, 4) is 17.2 Å². The average Bonchev–Trinajstić information content (AvgIpc) is 2.94. The predicted molar refractivity (Wildman–Crippen MR) is 145 cm³/mol. The van der Waals surface area contributed by atoms with Gasteiger partial charge in [-0.3, -0.25) is 14.5 Å². The minimum absolute atomic E-state index is 0.196. The molecule has 5 rings (SSSR count). The fraction of sp³-hybridized carbons (Fsp3) is 0.121. The van der Waals surface area contributed by atoms with Crippen molar-refractivity contribution in [1.82, 2.24) is 4.90 Å². The lowest BCUT2D eigenvalue weighted by atomic mass is 9.81. The van der Waals surface area contributed by atoms with E-state index in [4.69, 9.17) is 0 Å². The quantitative estimate of drug-likeness (QED) is 0.234. The van der Waals surface area contributed by atoms with E-state index in [1.54, 1.807) is 24.3 Å². The summed E-state index contributed by atoms with van der Waals surface area (Å²) in [5.74, 6) is -0.867. The van der Waals surface area contributed by atoms with Crippen LogP contribution in [0.4, 0.5) is 0 Å². The molecule has 1 aliphatic rings. The van der Waals surface area contributed by atoms with E-state index >= 15 is 0 Å². The van der Waals surface area contributed by atoms with Crippen LogP contribution >= 0.6 is 0 Å². The van der Waals surface area contributed by atoms with Gasteiger partial charge in [-0.05, 0) is 65.4 Å². The lowest BCUT2D eigenvalue weighted by Crippen LogP contribution is -2.62. The van der Waals surface area contributed by atoms with Gasteiger partial charge in [0.15, 0.2) is 0 Å². The molecule has 2 amide bonds. The Morgan fingerprint density at radius 3 is 2.38 bits per heavy atom. The second-order valence-corrected chi connectivity index (χ2v) is 9.29. The molecule has 1 fully saturated rings. The molecule has 0 radical (unpaired) electrons. The Bertz CT molecular complexity index is 1510. The van der Waals surface area contributed by atoms with Crippen molar-refractivity contribution < 1.29 is 9.59 Å². The minimum Gasteiger partial charge on any atom is -0.274 e. The summed E-state index contributed by atoms with van der Waals surface area (Å²) in [5.41, 5.74) is 6.25. The fourth-order valence-corrected chi connectivity index (χ4v) is 4.86. The summed E-state index contributed by atoms with van der Waals surface area (Å²) in [6.07, 6.45) is 4.36. The number of imide groups is 1. The zero-order valence-corrected chi connectivity index (χ0v) is 20.5. The highest BCUT2D eigenvalue weighted by atomic mass is 16.2. The van der Waals surface area contributed by atoms with Gasteiger partial charge in [0.25, 0.3) is 5.91 Å². The average molecular weight is 483 g/mol. The first-order valence-corrected chi connectivity index (χ1v) is 12.3. The Labute approximate surface area is 217 Å². The van der Waals surface area contributed by atoms with E-state index in [0.717, 1.165) is 27.8 Å². The molecule has 37 heavy (non-hydrogen) atoms. The number of amides is 2. The molecule has 0 aromatic heterocycles. The monoisotopic (exact) mass is 482 g/mol. The Kier molecular flexibility index (Phi) is 6.78. The number of aryl methyl sites for hydroxylation is 1. The maximum atomic E-state index is 13.5. The first-order valence-electron chi connectivity index (χ1n) is 12.3. The summed E-state index contributed by atoms with van der Waals surface area (Å²) in [6, 6.07) is 34.5. The van der Waals surface area contributed by atoms with Crippen LogP contribution in [0.15, 0.2) is 109 Å². The largest absolute Gasteiger partial charge is 0.274 e. The van der Waals surface area contributed by atoms with Crippen LogP contribution in [0.25, 0.3) is 17.2 Å². The number of carbonyl (C=O) groups is 2. The van der Waals surface area contributed by atoms with Gasteiger partial charge in [-0.1, -0.05) is 91.0 Å². The van der Waals surface area contributed by atoms with E-state index in [-0.39, 0.29) is 23.8 Å². The van der Waals surface area contributed by atoms with Gasteiger partial charge in [0.1, 0.15) is 0 Å². The van der Waals surface area contributed by atoms with Gasteiger partial charge >= 0.3 is 0 Å². The lowest BCUT2D eigenvalue weighted by Gasteiger charge is -2.44. The van der Waals surface area contributed by atoms with Crippen LogP contribution in [-0.2, 0) is 11.2 Å². The number of hydrogen-bond donors (Lipinski definition) is 0. The maximum Gasteiger partial charge on any atom is 0.261 e. The van der Waals surface area contributed by atoms with Crippen LogP contribution in [0, 0.1) is 24.2 Å². The summed E-state index contributed by atoms with van der Waals surface area (Å²) in [5, 5.41) is 9.25. The highest BCUT2D eigenvalue weighted by Gasteiger charge is 2.49. The van der Waals surface area contributed by atoms with Crippen molar-refractivity contribution >= 4 is 17.9 Å². The summed E-state index contributed by atoms with van der Waals surface area (Å²) in [4.78, 5) is 28.2. The van der Waals surface area contributed by atoms with Gasteiger partial charge in [0.05, 0.1) is 23.6 Å². The van der Waals surface area contributed by atoms with Crippen LogP contribution in [-0.4, -0.2) is 22.8 Å². The van der Waals surface area contributed by atoms with Crippen molar-refractivity contribution in [3.63, 3.8) is 0 Å². The molecule has 0 aliphatic carbocycles. The third kappa shape index (κ3) is 4.98. The highest BCUT2D eigenvalue weighted by Crippen LogP contribution is 2.34. The summed E-state index contributed by atoms with van der Waals surface area (Å²) in [7, 11) is 0. The van der Waals surface area contributed by atoms with Gasteiger partial charge in [0.2, 0.25) is 5.91 Å². The van der Waals surface area contributed by atoms with E-state index in [1.165, 1.54) is 4.90 Å². The molecular weight excluding hydrogens is 456 g/mol. The molecular formula is C33H26N2O2. The Hall–Kier alpha value is -4.75. The van der Waals surface area contributed by atoms with Gasteiger partial charge in [-0.25, -0.2) is 0 Å². The first kappa shape index (κ1) is 24.0. The molecule has 180 valence electrons. The zero-order chi connectivity index (χ0) is 25.8. The van der Waals surface area contributed by atoms with Crippen LogP contribution < -0.4 is 0 Å². The molecule has 1 heterocycles. The second kappa shape index (κ2) is 10.5. The van der Waals surface area contributed by atoms with E-state index < -0.39 is 0 Å². The lowest BCUT2D eigenvalue weighted by molar-refractivity contribution is -0.147. The molecule has 4 nitrogen and oxygen atoms in total. The van der Waals surface area contributed by atoms with Crippen LogP contribution in [0.3, 0.4) is 0 Å². The molecule has 0 N–H and O–H groups in total. The summed E-state index contributed by atoms with van der Waals surface area (Å²) >= 11 is 0. The van der Waals surface area contributed by atoms with E-state index in [9.17, 15) is 14.9 Å². The van der Waals surface area contributed by atoms with Gasteiger partial charge in [-0.15, -0.1) is 0 Å². The third-order valence-corrected chi connectivity index (χ3v) is 6.87. The summed E-state index contributed by atoms with van der Waals surface area (Å²) in [6.45, 7) is 2.06. The first-order chi connectivity index (χ1) is 18.0. The van der Waals surface area contributed by atoms with Crippen molar-refractivity contribution in [2.45, 2.75) is 19.4 Å². The van der Waals surface area contributed by atoms with Gasteiger partial charge < -0.3 is 0 Å². The molecule has 2 atom stereocenters. The minimum atomic E-state index is -0.373. The molecule has 0 bridgehead atoms. The number of nitrogens with zero attached hydrogens (tertiary/aromatic N) is 2. The SMILES string of the molecule is Cc1ccccc1-c1ccc(C(=O)N2C(=O)[C@H](Cc3cccc(C#N)c3)[C@H]2/C=C/c2ccccc2)cc1. The Morgan fingerprint density at radius 1 is 0.919 bits per heavy atom. The number of likely N-dealkylation sites (tertiary alicyclic amines) is 1. The molecule has 4 aromatic rings. The van der Waals surface area contributed by atoms with Crippen molar-refractivity contribution in [2.24, 2.45) is 5.92 Å². The Morgan fingerprint density at radius 2 is 1.65 bits per heavy atom. The molecule has 1 aliphatic heterocycles. The molecule has 0 spiro atoms. The van der Waals surface area contributed by atoms with Crippen LogP contribution in [0.5, 0.6) is 0 Å². The number of rotatable bonds is 6.